The number of nitrogens with zero attached hydrogens (tertiary/aromatic N) is 2. The average molecular weight is 374 g/mol. The summed E-state index contributed by atoms with van der Waals surface area (Å²) in [5.41, 5.74) is 2.99. The highest BCUT2D eigenvalue weighted by Gasteiger charge is 2.16. The molecular formula is C18H16ClN3O2S. The van der Waals surface area contributed by atoms with Gasteiger partial charge < -0.3 is 10.1 Å². The van der Waals surface area contributed by atoms with Gasteiger partial charge in [0.25, 0.3) is 0 Å². The molecule has 25 heavy (non-hydrogen) atoms. The molecule has 1 N–H and O–H groups in total. The molecule has 7 heteroatoms. The van der Waals surface area contributed by atoms with Gasteiger partial charge in [-0.05, 0) is 30.7 Å². The van der Waals surface area contributed by atoms with Crippen LogP contribution >= 0.6 is 23.4 Å². The van der Waals surface area contributed by atoms with Crippen molar-refractivity contribution in [3.05, 3.63) is 64.2 Å². The van der Waals surface area contributed by atoms with Crippen LogP contribution in [0.1, 0.15) is 16.7 Å². The van der Waals surface area contributed by atoms with E-state index >= 15 is 0 Å². The summed E-state index contributed by atoms with van der Waals surface area (Å²) in [6.45, 7) is 2.49. The number of nitrogens with one attached hydrogen (secondary N) is 1. The monoisotopic (exact) mass is 373 g/mol. The fourth-order valence-corrected chi connectivity index (χ4v) is 3.05. The van der Waals surface area contributed by atoms with Gasteiger partial charge in [0.2, 0.25) is 5.91 Å². The number of amidine groups is 1. The number of rotatable bonds is 5. The molecule has 0 atom stereocenters. The Hall–Kier alpha value is -2.31. The lowest BCUT2D eigenvalue weighted by Crippen LogP contribution is -2.19. The zero-order chi connectivity index (χ0) is 17.6. The smallest absolute Gasteiger partial charge is 0.236 e. The van der Waals surface area contributed by atoms with Crippen LogP contribution < -0.4 is 10.1 Å². The number of aryl methyl sites for hydroxylation is 1. The normalized spacial score (nSPS) is 15.8. The van der Waals surface area contributed by atoms with Crippen LogP contribution in [0.5, 0.6) is 5.75 Å². The quantitative estimate of drug-likeness (QED) is 0.640. The average Bonchev–Trinajstić information content (AvgIpc) is 2.99. The molecule has 0 aliphatic carbocycles. The van der Waals surface area contributed by atoms with E-state index in [9.17, 15) is 4.79 Å². The van der Waals surface area contributed by atoms with Gasteiger partial charge in [-0.1, -0.05) is 53.2 Å². The van der Waals surface area contributed by atoms with Crippen molar-refractivity contribution >= 4 is 40.7 Å². The number of ether oxygens (including phenoxy) is 1. The number of halogens is 1. The van der Waals surface area contributed by atoms with Gasteiger partial charge in [0.05, 0.1) is 12.0 Å². The standard InChI is InChI=1S/C18H16ClN3O2S/c1-12-3-2-4-13(7-12)10-24-16-6-5-15(19)8-14(16)9-20-22-18-21-17(23)11-25-18/h2-9H,10-11H2,1H3,(H,21,22,23). The highest BCUT2D eigenvalue weighted by Crippen LogP contribution is 2.23. The van der Waals surface area contributed by atoms with Crippen LogP contribution in [0.3, 0.4) is 0 Å². The first-order valence-corrected chi connectivity index (χ1v) is 8.98. The third kappa shape index (κ3) is 5.08. The van der Waals surface area contributed by atoms with E-state index in [1.807, 2.05) is 25.1 Å². The van der Waals surface area contributed by atoms with Gasteiger partial charge in [-0.15, -0.1) is 5.10 Å². The molecule has 2 aromatic carbocycles. The SMILES string of the molecule is Cc1cccc(COc2ccc(Cl)cc2C=NN=C2NC(=O)CS2)c1. The second-order valence-electron chi connectivity index (χ2n) is 5.45. The van der Waals surface area contributed by atoms with E-state index in [0.717, 1.165) is 11.1 Å². The van der Waals surface area contributed by atoms with Crippen LogP contribution in [0.2, 0.25) is 5.02 Å². The lowest BCUT2D eigenvalue weighted by Gasteiger charge is -2.10. The Labute approximate surface area is 155 Å². The van der Waals surface area contributed by atoms with Crippen molar-refractivity contribution in [2.75, 3.05) is 5.75 Å². The molecule has 3 rings (SSSR count). The van der Waals surface area contributed by atoms with Crippen molar-refractivity contribution in [2.45, 2.75) is 13.5 Å². The number of carbonyl (C=O) groups is 1. The maximum Gasteiger partial charge on any atom is 0.236 e. The van der Waals surface area contributed by atoms with Crippen LogP contribution in [0, 0.1) is 6.92 Å². The van der Waals surface area contributed by atoms with Crippen molar-refractivity contribution in [3.63, 3.8) is 0 Å². The van der Waals surface area contributed by atoms with Crippen LogP contribution in [-0.4, -0.2) is 23.0 Å². The van der Waals surface area contributed by atoms with E-state index < -0.39 is 0 Å². The van der Waals surface area contributed by atoms with Gasteiger partial charge in [-0.25, -0.2) is 0 Å². The van der Waals surface area contributed by atoms with Gasteiger partial charge in [0.15, 0.2) is 5.17 Å². The Bertz CT molecular complexity index is 852. The summed E-state index contributed by atoms with van der Waals surface area (Å²) in [5, 5.41) is 11.7. The highest BCUT2D eigenvalue weighted by molar-refractivity contribution is 8.15. The third-order valence-electron chi connectivity index (χ3n) is 3.38. The summed E-state index contributed by atoms with van der Waals surface area (Å²) in [5.74, 6) is 0.970. The molecule has 2 aromatic rings. The van der Waals surface area contributed by atoms with E-state index in [0.29, 0.717) is 28.3 Å². The fourth-order valence-electron chi connectivity index (χ4n) is 2.24. The second-order valence-corrected chi connectivity index (χ2v) is 6.85. The number of amides is 1. The molecule has 128 valence electrons. The first kappa shape index (κ1) is 17.5. The van der Waals surface area contributed by atoms with Gasteiger partial charge in [0.1, 0.15) is 12.4 Å². The molecule has 1 heterocycles. The first-order chi connectivity index (χ1) is 12.1. The molecule has 1 aliphatic heterocycles. The summed E-state index contributed by atoms with van der Waals surface area (Å²) in [7, 11) is 0. The molecule has 5 nitrogen and oxygen atoms in total. The van der Waals surface area contributed by atoms with Crippen LogP contribution in [0.4, 0.5) is 0 Å². The zero-order valence-electron chi connectivity index (χ0n) is 13.5. The molecule has 0 aromatic heterocycles. The van der Waals surface area contributed by atoms with Crippen LogP contribution in [0.25, 0.3) is 0 Å². The van der Waals surface area contributed by atoms with E-state index in [4.69, 9.17) is 16.3 Å². The van der Waals surface area contributed by atoms with Gasteiger partial charge in [-0.2, -0.15) is 5.10 Å². The van der Waals surface area contributed by atoms with E-state index in [1.165, 1.54) is 17.3 Å². The first-order valence-electron chi connectivity index (χ1n) is 7.62. The lowest BCUT2D eigenvalue weighted by molar-refractivity contribution is -0.116. The van der Waals surface area contributed by atoms with Crippen LogP contribution in [0.15, 0.2) is 52.7 Å². The molecule has 0 bridgehead atoms. The maximum absolute atomic E-state index is 11.1. The number of carbonyl (C=O) groups excluding carboxylic acids is 1. The fraction of sp³-hybridized carbons (Fsp3) is 0.167. The second kappa shape index (κ2) is 8.18. The van der Waals surface area contributed by atoms with Gasteiger partial charge >= 0.3 is 0 Å². The number of benzene rings is 2. The van der Waals surface area contributed by atoms with E-state index in [2.05, 4.69) is 21.6 Å². The minimum atomic E-state index is -0.0658. The van der Waals surface area contributed by atoms with Crippen molar-refractivity contribution in [2.24, 2.45) is 10.2 Å². The molecule has 0 spiro atoms. The number of hydrogen-bond donors (Lipinski definition) is 1. The number of hydrogen-bond acceptors (Lipinski definition) is 5. The minimum absolute atomic E-state index is 0.0658. The van der Waals surface area contributed by atoms with Gasteiger partial charge in [-0.3, -0.25) is 4.79 Å². The van der Waals surface area contributed by atoms with Gasteiger partial charge in [0, 0.05) is 10.6 Å². The molecule has 1 amide bonds. The summed E-state index contributed by atoms with van der Waals surface area (Å²) >= 11 is 7.39. The van der Waals surface area contributed by atoms with Crippen LogP contribution in [-0.2, 0) is 11.4 Å². The summed E-state index contributed by atoms with van der Waals surface area (Å²) in [6.07, 6.45) is 1.56. The third-order valence-corrected chi connectivity index (χ3v) is 4.48. The van der Waals surface area contributed by atoms with Crippen molar-refractivity contribution in [1.82, 2.24) is 5.32 Å². The Morgan fingerprint density at radius 1 is 1.32 bits per heavy atom. The molecule has 0 saturated carbocycles. The Morgan fingerprint density at radius 3 is 2.96 bits per heavy atom. The Kier molecular flexibility index (Phi) is 5.73. The molecule has 0 unspecified atom stereocenters. The van der Waals surface area contributed by atoms with E-state index in [-0.39, 0.29) is 5.91 Å². The summed E-state index contributed by atoms with van der Waals surface area (Å²) in [6, 6.07) is 13.5. The number of thioether (sulfide) groups is 1. The van der Waals surface area contributed by atoms with Crippen molar-refractivity contribution in [1.29, 1.82) is 0 Å². The van der Waals surface area contributed by atoms with E-state index in [1.54, 1.807) is 24.4 Å². The molecule has 0 radical (unpaired) electrons. The molecule has 1 saturated heterocycles. The molecule has 1 fully saturated rings. The topological polar surface area (TPSA) is 63.1 Å². The molecule has 1 aliphatic rings. The lowest BCUT2D eigenvalue weighted by atomic mass is 10.1. The Balaban J connectivity index is 1.72. The predicted octanol–water partition coefficient (Wildman–Crippen LogP) is 3.78. The minimum Gasteiger partial charge on any atom is -0.488 e. The summed E-state index contributed by atoms with van der Waals surface area (Å²) < 4.78 is 5.90. The highest BCUT2D eigenvalue weighted by atomic mass is 35.5. The maximum atomic E-state index is 11.1. The largest absolute Gasteiger partial charge is 0.488 e. The van der Waals surface area contributed by atoms with Crippen molar-refractivity contribution in [3.8, 4) is 5.75 Å². The molecular weight excluding hydrogens is 358 g/mol. The summed E-state index contributed by atoms with van der Waals surface area (Å²) in [4.78, 5) is 11.1. The van der Waals surface area contributed by atoms with Crippen molar-refractivity contribution < 1.29 is 9.53 Å². The predicted molar refractivity (Wildman–Crippen MR) is 103 cm³/mol. The zero-order valence-corrected chi connectivity index (χ0v) is 15.1. The Morgan fingerprint density at radius 2 is 2.20 bits per heavy atom.